The lowest BCUT2D eigenvalue weighted by Crippen LogP contribution is -2.33. The van der Waals surface area contributed by atoms with Gasteiger partial charge in [0, 0.05) is 24.8 Å². The predicted octanol–water partition coefficient (Wildman–Crippen LogP) is 2.62. The molecule has 0 saturated carbocycles. The average Bonchev–Trinajstić information content (AvgIpc) is 2.35. The van der Waals surface area contributed by atoms with Crippen molar-refractivity contribution in [1.82, 2.24) is 9.71 Å². The van der Waals surface area contributed by atoms with Crippen LogP contribution in [-0.4, -0.2) is 26.0 Å². The molecule has 0 radical (unpaired) electrons. The van der Waals surface area contributed by atoms with Gasteiger partial charge in [0.25, 0.3) is 0 Å². The highest BCUT2D eigenvalue weighted by Crippen LogP contribution is 2.14. The third kappa shape index (κ3) is 5.46. The second-order valence-corrected chi connectivity index (χ2v) is 7.17. The van der Waals surface area contributed by atoms with E-state index < -0.39 is 10.0 Å². The molecule has 2 N–H and O–H groups in total. The quantitative estimate of drug-likeness (QED) is 0.774. The van der Waals surface area contributed by atoms with Gasteiger partial charge in [-0.25, -0.2) is 18.1 Å². The fourth-order valence-electron chi connectivity index (χ4n) is 2.02. The molecule has 0 aliphatic heterocycles. The van der Waals surface area contributed by atoms with Gasteiger partial charge < -0.3 is 5.32 Å². The summed E-state index contributed by atoms with van der Waals surface area (Å²) >= 11 is 0. The summed E-state index contributed by atoms with van der Waals surface area (Å²) in [4.78, 5) is 4.37. The van der Waals surface area contributed by atoms with E-state index in [1.165, 1.54) is 12.3 Å². The smallest absolute Gasteiger partial charge is 0.240 e. The van der Waals surface area contributed by atoms with Crippen LogP contribution in [0.2, 0.25) is 0 Å². The zero-order valence-electron chi connectivity index (χ0n) is 12.7. The monoisotopic (exact) mass is 299 g/mol. The summed E-state index contributed by atoms with van der Waals surface area (Å²) in [5.41, 5.74) is 0. The van der Waals surface area contributed by atoms with Crippen molar-refractivity contribution in [3.63, 3.8) is 0 Å². The number of pyridine rings is 1. The summed E-state index contributed by atoms with van der Waals surface area (Å²) in [6.07, 6.45) is 3.28. The van der Waals surface area contributed by atoms with Crippen LogP contribution in [0.4, 0.5) is 5.82 Å². The molecular weight excluding hydrogens is 274 g/mol. The highest BCUT2D eigenvalue weighted by Gasteiger charge is 2.18. The van der Waals surface area contributed by atoms with Crippen LogP contribution in [0.5, 0.6) is 0 Å². The summed E-state index contributed by atoms with van der Waals surface area (Å²) < 4.78 is 27.3. The lowest BCUT2D eigenvalue weighted by molar-refractivity contribution is 0.482. The van der Waals surface area contributed by atoms with Gasteiger partial charge in [-0.2, -0.15) is 0 Å². The largest absolute Gasteiger partial charge is 0.370 e. The number of nitrogens with one attached hydrogen (secondary N) is 2. The molecule has 0 bridgehead atoms. The molecule has 0 aromatic carbocycles. The van der Waals surface area contributed by atoms with Crippen LogP contribution in [0.25, 0.3) is 0 Å². The Morgan fingerprint density at radius 3 is 2.60 bits per heavy atom. The molecule has 0 spiro atoms. The molecule has 0 aliphatic carbocycles. The first-order valence-corrected chi connectivity index (χ1v) is 8.55. The first-order valence-electron chi connectivity index (χ1n) is 7.07. The number of aromatic nitrogens is 1. The summed E-state index contributed by atoms with van der Waals surface area (Å²) in [5.74, 6) is 1.04. The summed E-state index contributed by atoms with van der Waals surface area (Å²) in [6, 6.07) is 3.00. The molecule has 0 saturated heterocycles. The fraction of sp³-hybridized carbons (Fsp3) is 0.643. The van der Waals surface area contributed by atoms with Crippen LogP contribution in [0.1, 0.15) is 40.5 Å². The molecule has 1 rings (SSSR count). The van der Waals surface area contributed by atoms with Gasteiger partial charge in [0.05, 0.1) is 4.90 Å². The third-order valence-electron chi connectivity index (χ3n) is 2.78. The SMILES string of the molecule is CCCNc1cc(S(=O)(=O)NC(C)CC(C)C)ccn1. The van der Waals surface area contributed by atoms with Crippen molar-refractivity contribution in [2.75, 3.05) is 11.9 Å². The summed E-state index contributed by atoms with van der Waals surface area (Å²) in [5, 5.41) is 3.09. The summed E-state index contributed by atoms with van der Waals surface area (Å²) in [7, 11) is -3.48. The predicted molar refractivity (Wildman–Crippen MR) is 82.3 cm³/mol. The molecule has 1 aromatic heterocycles. The van der Waals surface area contributed by atoms with E-state index in [2.05, 4.69) is 28.9 Å². The maximum Gasteiger partial charge on any atom is 0.240 e. The van der Waals surface area contributed by atoms with Crippen LogP contribution >= 0.6 is 0 Å². The van der Waals surface area contributed by atoms with Crippen LogP contribution in [0, 0.1) is 5.92 Å². The van der Waals surface area contributed by atoms with Crippen molar-refractivity contribution in [3.8, 4) is 0 Å². The molecule has 1 unspecified atom stereocenters. The van der Waals surface area contributed by atoms with Crippen LogP contribution in [-0.2, 0) is 10.0 Å². The molecule has 1 aromatic rings. The van der Waals surface area contributed by atoms with Gasteiger partial charge in [-0.05, 0) is 31.7 Å². The second-order valence-electron chi connectivity index (χ2n) is 5.46. The fourth-order valence-corrected chi connectivity index (χ4v) is 3.28. The van der Waals surface area contributed by atoms with Gasteiger partial charge in [0.1, 0.15) is 5.82 Å². The minimum Gasteiger partial charge on any atom is -0.370 e. The molecule has 5 nitrogen and oxygen atoms in total. The van der Waals surface area contributed by atoms with Gasteiger partial charge in [-0.3, -0.25) is 0 Å². The minimum absolute atomic E-state index is 0.0831. The molecular formula is C14H25N3O2S. The maximum atomic E-state index is 12.3. The Hall–Kier alpha value is -1.14. The highest BCUT2D eigenvalue weighted by molar-refractivity contribution is 7.89. The third-order valence-corrected chi connectivity index (χ3v) is 4.37. The Morgan fingerprint density at radius 1 is 1.30 bits per heavy atom. The zero-order chi connectivity index (χ0) is 15.2. The summed E-state index contributed by atoms with van der Waals surface area (Å²) in [6.45, 7) is 8.85. The van der Waals surface area contributed by atoms with E-state index in [-0.39, 0.29) is 10.9 Å². The van der Waals surface area contributed by atoms with Crippen molar-refractivity contribution in [1.29, 1.82) is 0 Å². The standard InChI is InChI=1S/C14H25N3O2S/c1-5-7-15-14-10-13(6-8-16-14)20(18,19)17-12(4)9-11(2)3/h6,8,10-12,17H,5,7,9H2,1-4H3,(H,15,16). The van der Waals surface area contributed by atoms with E-state index in [1.807, 2.05) is 13.8 Å². The first-order chi connectivity index (χ1) is 9.35. The van der Waals surface area contributed by atoms with Gasteiger partial charge >= 0.3 is 0 Å². The Morgan fingerprint density at radius 2 is 2.00 bits per heavy atom. The Bertz CT molecular complexity index is 515. The number of hydrogen-bond donors (Lipinski definition) is 2. The van der Waals surface area contributed by atoms with Gasteiger partial charge in [-0.1, -0.05) is 20.8 Å². The van der Waals surface area contributed by atoms with E-state index in [0.717, 1.165) is 19.4 Å². The number of hydrogen-bond acceptors (Lipinski definition) is 4. The molecule has 0 amide bonds. The first kappa shape index (κ1) is 16.9. The molecule has 0 fully saturated rings. The maximum absolute atomic E-state index is 12.3. The van der Waals surface area contributed by atoms with Crippen molar-refractivity contribution < 1.29 is 8.42 Å². The Labute approximate surface area is 122 Å². The normalized spacial score (nSPS) is 13.4. The van der Waals surface area contributed by atoms with E-state index in [4.69, 9.17) is 0 Å². The highest BCUT2D eigenvalue weighted by atomic mass is 32.2. The van der Waals surface area contributed by atoms with Crippen LogP contribution < -0.4 is 10.0 Å². The van der Waals surface area contributed by atoms with Crippen molar-refractivity contribution in [2.45, 2.75) is 51.5 Å². The number of rotatable bonds is 8. The topological polar surface area (TPSA) is 71.1 Å². The molecule has 1 atom stereocenters. The van der Waals surface area contributed by atoms with Crippen LogP contribution in [0.3, 0.4) is 0 Å². The van der Waals surface area contributed by atoms with E-state index in [0.29, 0.717) is 11.7 Å². The Kier molecular flexibility index (Phi) is 6.42. The Balaban J connectivity index is 2.81. The van der Waals surface area contributed by atoms with Gasteiger partial charge in [0.2, 0.25) is 10.0 Å². The molecule has 114 valence electrons. The average molecular weight is 299 g/mol. The lowest BCUT2D eigenvalue weighted by Gasteiger charge is -2.16. The van der Waals surface area contributed by atoms with E-state index in [1.54, 1.807) is 6.07 Å². The minimum atomic E-state index is -3.48. The molecule has 6 heteroatoms. The van der Waals surface area contributed by atoms with Crippen molar-refractivity contribution in [2.24, 2.45) is 5.92 Å². The number of sulfonamides is 1. The molecule has 1 heterocycles. The van der Waals surface area contributed by atoms with Gasteiger partial charge in [0.15, 0.2) is 0 Å². The number of anilines is 1. The van der Waals surface area contributed by atoms with Crippen molar-refractivity contribution in [3.05, 3.63) is 18.3 Å². The van der Waals surface area contributed by atoms with Crippen LogP contribution in [0.15, 0.2) is 23.2 Å². The lowest BCUT2D eigenvalue weighted by atomic mass is 10.1. The van der Waals surface area contributed by atoms with E-state index in [9.17, 15) is 8.42 Å². The zero-order valence-corrected chi connectivity index (χ0v) is 13.5. The second kappa shape index (κ2) is 7.59. The number of nitrogens with zero attached hydrogens (tertiary/aromatic N) is 1. The van der Waals surface area contributed by atoms with Gasteiger partial charge in [-0.15, -0.1) is 0 Å². The van der Waals surface area contributed by atoms with E-state index >= 15 is 0 Å². The molecule has 20 heavy (non-hydrogen) atoms. The van der Waals surface area contributed by atoms with Crippen molar-refractivity contribution >= 4 is 15.8 Å². The molecule has 0 aliphatic rings.